The first-order chi connectivity index (χ1) is 10.5. The topological polar surface area (TPSA) is 0 Å². The summed E-state index contributed by atoms with van der Waals surface area (Å²) in [6, 6.07) is 0. The van der Waals surface area contributed by atoms with Crippen LogP contribution in [0.5, 0.6) is 0 Å². The zero-order valence-electron chi connectivity index (χ0n) is 16.1. The Kier molecular flexibility index (Phi) is 13.8. The van der Waals surface area contributed by atoms with Crippen LogP contribution in [0.4, 0.5) is 0 Å². The minimum atomic E-state index is -1.47. The van der Waals surface area contributed by atoms with Gasteiger partial charge in [-0.3, -0.25) is 0 Å². The van der Waals surface area contributed by atoms with Crippen LogP contribution in [0.25, 0.3) is 0 Å². The fourth-order valence-corrected chi connectivity index (χ4v) is 7.55. The van der Waals surface area contributed by atoms with Crippen molar-refractivity contribution in [2.45, 2.75) is 105 Å². The summed E-state index contributed by atoms with van der Waals surface area (Å²) in [6.45, 7) is 9.51. The Balaban J connectivity index is 3.47. The van der Waals surface area contributed by atoms with Crippen LogP contribution in [0.15, 0.2) is 0 Å². The molecule has 0 unspecified atom stereocenters. The van der Waals surface area contributed by atoms with Gasteiger partial charge in [0.1, 0.15) is 0 Å². The molecule has 136 valence electrons. The second-order valence-corrected chi connectivity index (χ2v) is 19.4. The van der Waals surface area contributed by atoms with Crippen LogP contribution in [0.1, 0.15) is 105 Å². The Bertz CT molecular complexity index is 237. The molecule has 0 aliphatic rings. The van der Waals surface area contributed by atoms with Crippen molar-refractivity contribution in [1.29, 1.82) is 0 Å². The van der Waals surface area contributed by atoms with Gasteiger partial charge in [-0.25, -0.2) is 0 Å². The van der Waals surface area contributed by atoms with E-state index in [0.29, 0.717) is 0 Å². The molecular formula is C20H44BrP. The maximum absolute atomic E-state index is 4.25. The van der Waals surface area contributed by atoms with Gasteiger partial charge in [-0.1, -0.05) is 13.3 Å². The zero-order valence-corrected chi connectivity index (χ0v) is 18.6. The van der Waals surface area contributed by atoms with E-state index >= 15 is 0 Å². The molecule has 0 nitrogen and oxygen atoms in total. The van der Waals surface area contributed by atoms with E-state index in [0.717, 1.165) is 0 Å². The van der Waals surface area contributed by atoms with E-state index in [1.54, 1.807) is 0 Å². The van der Waals surface area contributed by atoms with Crippen molar-refractivity contribution in [2.75, 3.05) is 24.6 Å². The molecule has 0 saturated carbocycles. The molecule has 0 aromatic rings. The average Bonchev–Trinajstić information content (AvgIpc) is 2.56. The van der Waals surface area contributed by atoms with E-state index in [1.807, 2.05) is 0 Å². The maximum atomic E-state index is 4.25. The minimum absolute atomic E-state index is 1.37. The van der Waals surface area contributed by atoms with Gasteiger partial charge >= 0.3 is 137 Å². The quantitative estimate of drug-likeness (QED) is 0.181. The number of hydrogen-bond donors (Lipinski definition) is 0. The molecule has 0 aliphatic carbocycles. The summed E-state index contributed by atoms with van der Waals surface area (Å²) in [5.74, 6) is 0. The van der Waals surface area contributed by atoms with Crippen LogP contribution >= 0.6 is 20.8 Å². The van der Waals surface area contributed by atoms with Crippen LogP contribution in [-0.2, 0) is 0 Å². The third-order valence-electron chi connectivity index (χ3n) is 5.94. The van der Waals surface area contributed by atoms with E-state index in [1.165, 1.54) is 102 Å². The summed E-state index contributed by atoms with van der Waals surface area (Å²) < 4.78 is 0. The summed E-state index contributed by atoms with van der Waals surface area (Å²) in [5.41, 5.74) is 0. The normalized spacial score (nSPS) is 14.0. The zero-order chi connectivity index (χ0) is 16.8. The fraction of sp³-hybridized carbons (Fsp3) is 1.00. The number of unbranched alkanes of at least 4 members (excludes halogenated alkanes) is 11. The first-order valence-corrected chi connectivity index (χ1v) is 15.3. The molecular weight excluding hydrogens is 351 g/mol. The first kappa shape index (κ1) is 22.9. The van der Waals surface area contributed by atoms with Crippen LogP contribution in [0.3, 0.4) is 0 Å². The van der Waals surface area contributed by atoms with Gasteiger partial charge in [-0.05, 0) is 0 Å². The molecule has 22 heavy (non-hydrogen) atoms. The molecule has 0 N–H and O–H groups in total. The molecule has 0 bridgehead atoms. The van der Waals surface area contributed by atoms with E-state index in [9.17, 15) is 0 Å². The van der Waals surface area contributed by atoms with Crippen molar-refractivity contribution in [1.82, 2.24) is 0 Å². The molecule has 2 heteroatoms. The monoisotopic (exact) mass is 394 g/mol. The molecule has 0 aromatic carbocycles. The average molecular weight is 395 g/mol. The molecule has 0 aliphatic heterocycles. The van der Waals surface area contributed by atoms with Crippen molar-refractivity contribution in [2.24, 2.45) is 0 Å². The predicted octanol–water partition coefficient (Wildman–Crippen LogP) is 8.61. The molecule has 0 saturated heterocycles. The van der Waals surface area contributed by atoms with Gasteiger partial charge in [-0.2, -0.15) is 0 Å². The summed E-state index contributed by atoms with van der Waals surface area (Å²) in [5, 5.41) is -1.47. The number of hydrogen-bond acceptors (Lipinski definition) is 0. The van der Waals surface area contributed by atoms with E-state index < -0.39 is 5.31 Å². The molecule has 0 radical (unpaired) electrons. The fourth-order valence-electron chi connectivity index (χ4n) is 3.49. The third-order valence-corrected chi connectivity index (χ3v) is 17.7. The van der Waals surface area contributed by atoms with Gasteiger partial charge in [0.05, 0.1) is 0 Å². The predicted molar refractivity (Wildman–Crippen MR) is 113 cm³/mol. The molecule has 0 spiro atoms. The second kappa shape index (κ2) is 13.2. The van der Waals surface area contributed by atoms with Gasteiger partial charge < -0.3 is 0 Å². The molecule has 0 atom stereocenters. The standard InChI is InChI=1S/C20H44BrP/c1-5-9-10-11-12-13-14-15-16-17-18-19-20-22(21,6-2,7-3)8-4/h5-20H2,1-4H3. The number of rotatable bonds is 16. The SMILES string of the molecule is CCCCCCCCCCCCCCP(Br)(CC)(CC)CC. The summed E-state index contributed by atoms with van der Waals surface area (Å²) in [6.07, 6.45) is 23.1. The molecule has 0 aromatic heterocycles. The van der Waals surface area contributed by atoms with E-state index in [2.05, 4.69) is 43.2 Å². The van der Waals surface area contributed by atoms with Crippen LogP contribution in [0, 0.1) is 0 Å². The summed E-state index contributed by atoms with van der Waals surface area (Å²) in [4.78, 5) is 0. The molecule has 0 rings (SSSR count). The molecule has 0 heterocycles. The van der Waals surface area contributed by atoms with Crippen molar-refractivity contribution >= 4 is 20.8 Å². The van der Waals surface area contributed by atoms with Crippen LogP contribution < -0.4 is 0 Å². The Hall–Kier alpha value is 0.910. The van der Waals surface area contributed by atoms with Gasteiger partial charge in [0.2, 0.25) is 0 Å². The van der Waals surface area contributed by atoms with Gasteiger partial charge in [0.15, 0.2) is 0 Å². The van der Waals surface area contributed by atoms with Crippen molar-refractivity contribution in [3.05, 3.63) is 0 Å². The van der Waals surface area contributed by atoms with Crippen LogP contribution in [0.2, 0.25) is 0 Å². The Morgan fingerprint density at radius 2 is 0.818 bits per heavy atom. The Morgan fingerprint density at radius 1 is 0.500 bits per heavy atom. The molecule has 0 amide bonds. The second-order valence-electron chi connectivity index (χ2n) is 7.38. The Morgan fingerprint density at radius 3 is 1.14 bits per heavy atom. The van der Waals surface area contributed by atoms with Crippen LogP contribution in [-0.4, -0.2) is 24.6 Å². The van der Waals surface area contributed by atoms with Crippen molar-refractivity contribution < 1.29 is 0 Å². The summed E-state index contributed by atoms with van der Waals surface area (Å²) in [7, 11) is 0. The summed E-state index contributed by atoms with van der Waals surface area (Å²) >= 11 is 4.25. The van der Waals surface area contributed by atoms with E-state index in [4.69, 9.17) is 0 Å². The van der Waals surface area contributed by atoms with Crippen molar-refractivity contribution in [3.8, 4) is 0 Å². The van der Waals surface area contributed by atoms with Gasteiger partial charge in [0, 0.05) is 0 Å². The number of halogens is 1. The van der Waals surface area contributed by atoms with Gasteiger partial charge in [-0.15, -0.1) is 0 Å². The Labute approximate surface area is 150 Å². The first-order valence-electron chi connectivity index (χ1n) is 10.3. The van der Waals surface area contributed by atoms with Gasteiger partial charge in [0.25, 0.3) is 0 Å². The van der Waals surface area contributed by atoms with Crippen molar-refractivity contribution in [3.63, 3.8) is 0 Å². The van der Waals surface area contributed by atoms with E-state index in [-0.39, 0.29) is 0 Å². The third kappa shape index (κ3) is 9.92. The molecule has 0 fully saturated rings.